The third kappa shape index (κ3) is 4.41. The maximum atomic E-state index is 14.7. The van der Waals surface area contributed by atoms with Crippen molar-refractivity contribution in [3.05, 3.63) is 0 Å². The molecule has 0 N–H and O–H groups in total. The molecule has 4 nitrogen and oxygen atoms in total. The molecule has 0 radical (unpaired) electrons. The highest BCUT2D eigenvalue weighted by Gasteiger charge is 2.49. The van der Waals surface area contributed by atoms with Gasteiger partial charge in [-0.2, -0.15) is 8.42 Å². The first-order chi connectivity index (χ1) is 12.5. The summed E-state index contributed by atoms with van der Waals surface area (Å²) < 4.78 is 44.8. The average Bonchev–Trinajstić information content (AvgIpc) is 2.69. The average molecular weight is 405 g/mol. The van der Waals surface area contributed by atoms with Crippen molar-refractivity contribution in [1.82, 2.24) is 0 Å². The van der Waals surface area contributed by atoms with Crippen LogP contribution >= 0.6 is 7.14 Å². The lowest BCUT2D eigenvalue weighted by Gasteiger charge is -2.45. The molecule has 2 unspecified atom stereocenters. The Labute approximate surface area is 160 Å². The van der Waals surface area contributed by atoms with Crippen LogP contribution in [0.1, 0.15) is 96.8 Å². The summed E-state index contributed by atoms with van der Waals surface area (Å²) in [6, 6.07) is 0. The molecule has 3 saturated carbocycles. The van der Waals surface area contributed by atoms with Crippen LogP contribution in [0.25, 0.3) is 0 Å². The number of hydrogen-bond acceptors (Lipinski definition) is 4. The highest BCUT2D eigenvalue weighted by atomic mass is 32.2. The van der Waals surface area contributed by atoms with E-state index in [-0.39, 0.29) is 12.3 Å². The quantitative estimate of drug-likeness (QED) is 0.421. The Hall–Kier alpha value is 0.140. The van der Waals surface area contributed by atoms with Gasteiger partial charge in [0.1, 0.15) is 0 Å². The highest BCUT2D eigenvalue weighted by Crippen LogP contribution is 2.68. The van der Waals surface area contributed by atoms with E-state index in [1.165, 1.54) is 38.5 Å². The van der Waals surface area contributed by atoms with Crippen LogP contribution in [0, 0.1) is 0 Å². The molecule has 3 aliphatic rings. The van der Waals surface area contributed by atoms with Crippen LogP contribution in [0.5, 0.6) is 0 Å². The van der Waals surface area contributed by atoms with Gasteiger partial charge in [0.15, 0.2) is 0 Å². The Balaban J connectivity index is 1.84. The molecule has 0 aliphatic heterocycles. The molecular formula is C20H37O4PS. The van der Waals surface area contributed by atoms with Crippen molar-refractivity contribution in [1.29, 1.82) is 0 Å². The Bertz CT molecular complexity index is 569. The van der Waals surface area contributed by atoms with E-state index >= 15 is 0 Å². The van der Waals surface area contributed by atoms with Crippen molar-refractivity contribution in [3.63, 3.8) is 0 Å². The van der Waals surface area contributed by atoms with Gasteiger partial charge in [-0.25, -0.2) is 0 Å². The first-order valence-electron chi connectivity index (χ1n) is 11.0. The maximum Gasteiger partial charge on any atom is 0.270 e. The Kier molecular flexibility index (Phi) is 7.30. The first-order valence-corrected chi connectivity index (χ1v) is 14.3. The molecule has 0 spiro atoms. The zero-order valence-corrected chi connectivity index (χ0v) is 18.1. The van der Waals surface area contributed by atoms with E-state index in [0.717, 1.165) is 38.5 Å². The predicted molar refractivity (Wildman–Crippen MR) is 108 cm³/mol. The van der Waals surface area contributed by atoms with Gasteiger partial charge in [0.05, 0.1) is 19.0 Å². The maximum absolute atomic E-state index is 14.7. The number of hydrogen-bond donors (Lipinski definition) is 0. The Morgan fingerprint density at radius 1 is 0.769 bits per heavy atom. The van der Waals surface area contributed by atoms with E-state index in [1.807, 2.05) is 0 Å². The van der Waals surface area contributed by atoms with E-state index in [0.29, 0.717) is 24.2 Å². The molecule has 3 fully saturated rings. The van der Waals surface area contributed by atoms with Crippen molar-refractivity contribution in [2.24, 2.45) is 0 Å². The fourth-order valence-electron chi connectivity index (χ4n) is 5.87. The molecule has 3 aliphatic carbocycles. The van der Waals surface area contributed by atoms with E-state index in [9.17, 15) is 13.0 Å². The molecular weight excluding hydrogens is 367 g/mol. The van der Waals surface area contributed by atoms with Crippen molar-refractivity contribution >= 4 is 17.3 Å². The zero-order valence-electron chi connectivity index (χ0n) is 16.4. The molecule has 0 aromatic rings. The van der Waals surface area contributed by atoms with Crippen LogP contribution < -0.4 is 0 Å². The molecule has 0 aromatic carbocycles. The predicted octanol–water partition coefficient (Wildman–Crippen LogP) is 5.69. The second kappa shape index (κ2) is 9.09. The van der Waals surface area contributed by atoms with Gasteiger partial charge < -0.3 is 4.57 Å². The smallest absolute Gasteiger partial charge is 0.270 e. The van der Waals surface area contributed by atoms with Crippen LogP contribution in [0.15, 0.2) is 0 Å². The topological polar surface area (TPSA) is 60.4 Å². The van der Waals surface area contributed by atoms with Crippen LogP contribution in [-0.4, -0.2) is 37.3 Å². The van der Waals surface area contributed by atoms with Gasteiger partial charge in [0, 0.05) is 17.0 Å². The molecule has 3 rings (SSSR count). The summed E-state index contributed by atoms with van der Waals surface area (Å²) in [5.74, 6) is 0. The van der Waals surface area contributed by atoms with Gasteiger partial charge in [0.25, 0.3) is 10.1 Å². The Morgan fingerprint density at radius 2 is 1.27 bits per heavy atom. The molecule has 0 bridgehead atoms. The molecule has 152 valence electrons. The normalized spacial score (nSPS) is 30.3. The summed E-state index contributed by atoms with van der Waals surface area (Å²) in [7, 11) is -5.90. The van der Waals surface area contributed by atoms with Crippen LogP contribution in [-0.2, 0) is 18.9 Å². The molecule has 2 atom stereocenters. The summed E-state index contributed by atoms with van der Waals surface area (Å²) >= 11 is 0. The van der Waals surface area contributed by atoms with Gasteiger partial charge in [0.2, 0.25) is 0 Å². The second-order valence-electron chi connectivity index (χ2n) is 8.69. The lowest BCUT2D eigenvalue weighted by atomic mass is 9.98. The largest absolute Gasteiger partial charge is 0.323 e. The van der Waals surface area contributed by atoms with Crippen molar-refractivity contribution in [2.45, 2.75) is 119 Å². The molecule has 0 saturated heterocycles. The molecule has 0 heterocycles. The first kappa shape index (κ1) is 20.9. The minimum atomic E-state index is -3.51. The Morgan fingerprint density at radius 3 is 1.77 bits per heavy atom. The summed E-state index contributed by atoms with van der Waals surface area (Å²) in [6.07, 6.45) is 14.9. The summed E-state index contributed by atoms with van der Waals surface area (Å²) in [6.45, 7) is 1.93. The minimum absolute atomic E-state index is 0.114. The number of rotatable bonds is 6. The second-order valence-corrected chi connectivity index (χ2v) is 14.3. The fourth-order valence-corrected chi connectivity index (χ4v) is 12.8. The molecule has 0 amide bonds. The zero-order chi connectivity index (χ0) is 18.6. The SMILES string of the molecule is CCOS(=O)(=O)C1CCCC(P(=O)(C2CCCCC2)C2CCCCC2)C1. The van der Waals surface area contributed by atoms with Crippen molar-refractivity contribution in [2.75, 3.05) is 6.61 Å². The third-order valence-electron chi connectivity index (χ3n) is 7.15. The van der Waals surface area contributed by atoms with Crippen molar-refractivity contribution in [3.8, 4) is 0 Å². The molecule has 26 heavy (non-hydrogen) atoms. The van der Waals surface area contributed by atoms with E-state index in [4.69, 9.17) is 4.18 Å². The van der Waals surface area contributed by atoms with Crippen molar-refractivity contribution < 1.29 is 17.2 Å². The lowest BCUT2D eigenvalue weighted by Crippen LogP contribution is -2.37. The van der Waals surface area contributed by atoms with Gasteiger partial charge in [-0.1, -0.05) is 44.9 Å². The lowest BCUT2D eigenvalue weighted by molar-refractivity contribution is 0.319. The standard InChI is InChI=1S/C20H37O4PS/c1-2-24-26(22,23)20-15-9-14-19(16-20)25(21,17-10-5-3-6-11-17)18-12-7-4-8-13-18/h17-20H,2-16H2,1H3. The van der Waals surface area contributed by atoms with Crippen LogP contribution in [0.3, 0.4) is 0 Å². The van der Waals surface area contributed by atoms with E-state index < -0.39 is 22.5 Å². The van der Waals surface area contributed by atoms with Gasteiger partial charge >= 0.3 is 0 Å². The fraction of sp³-hybridized carbons (Fsp3) is 1.00. The van der Waals surface area contributed by atoms with E-state index in [1.54, 1.807) is 6.92 Å². The summed E-state index contributed by atoms with van der Waals surface area (Å²) in [4.78, 5) is 0. The van der Waals surface area contributed by atoms with Crippen LogP contribution in [0.2, 0.25) is 0 Å². The third-order valence-corrected chi connectivity index (χ3v) is 13.9. The summed E-state index contributed by atoms with van der Waals surface area (Å²) in [5.41, 5.74) is 0.832. The minimum Gasteiger partial charge on any atom is -0.323 e. The summed E-state index contributed by atoms with van der Waals surface area (Å²) in [5, 5.41) is -0.443. The monoisotopic (exact) mass is 404 g/mol. The molecule has 6 heteroatoms. The van der Waals surface area contributed by atoms with Gasteiger partial charge in [-0.3, -0.25) is 4.18 Å². The van der Waals surface area contributed by atoms with Gasteiger partial charge in [-0.05, 0) is 51.9 Å². The van der Waals surface area contributed by atoms with Crippen LogP contribution in [0.4, 0.5) is 0 Å². The molecule has 0 aromatic heterocycles. The van der Waals surface area contributed by atoms with E-state index in [2.05, 4.69) is 0 Å². The highest BCUT2D eigenvalue weighted by molar-refractivity contribution is 7.87. The van der Waals surface area contributed by atoms with Gasteiger partial charge in [-0.15, -0.1) is 0 Å².